The molecule has 0 saturated heterocycles. The van der Waals surface area contributed by atoms with Crippen LogP contribution in [0.25, 0.3) is 5.70 Å². The number of allylic oxidation sites excluding steroid dienone is 1. The molecule has 2 aromatic rings. The summed E-state index contributed by atoms with van der Waals surface area (Å²) >= 11 is 0. The van der Waals surface area contributed by atoms with Gasteiger partial charge in [0.05, 0.1) is 0 Å². The molecule has 0 spiro atoms. The molecular weight excluding hydrogens is 282 g/mol. The van der Waals surface area contributed by atoms with Gasteiger partial charge in [0, 0.05) is 33.9 Å². The Hall–Kier alpha value is -2.35. The summed E-state index contributed by atoms with van der Waals surface area (Å²) in [5.74, 6) is 0.0263. The lowest BCUT2D eigenvalue weighted by Crippen LogP contribution is -2.56. The van der Waals surface area contributed by atoms with E-state index in [2.05, 4.69) is 51.2 Å². The van der Waals surface area contributed by atoms with Crippen LogP contribution in [0.3, 0.4) is 0 Å². The van der Waals surface area contributed by atoms with Crippen molar-refractivity contribution in [2.24, 2.45) is 0 Å². The number of benzene rings is 2. The molecule has 2 nitrogen and oxygen atoms in total. The van der Waals surface area contributed by atoms with E-state index < -0.39 is 0 Å². The summed E-state index contributed by atoms with van der Waals surface area (Å²) in [5, 5.41) is 3.58. The van der Waals surface area contributed by atoms with Gasteiger partial charge in [0.25, 0.3) is 0 Å². The van der Waals surface area contributed by atoms with Gasteiger partial charge in [-0.1, -0.05) is 68.4 Å². The van der Waals surface area contributed by atoms with Crippen molar-refractivity contribution >= 4 is 11.5 Å². The van der Waals surface area contributed by atoms with Gasteiger partial charge in [0.2, 0.25) is 0 Å². The van der Waals surface area contributed by atoms with E-state index in [-0.39, 0.29) is 16.7 Å². The third kappa shape index (κ3) is 2.59. The molecule has 3 rings (SSSR count). The first-order chi connectivity index (χ1) is 10.8. The lowest BCUT2D eigenvalue weighted by molar-refractivity contribution is 0.104. The molecule has 0 bridgehead atoms. The van der Waals surface area contributed by atoms with Crippen LogP contribution < -0.4 is 5.32 Å². The Morgan fingerprint density at radius 3 is 2.22 bits per heavy atom. The summed E-state index contributed by atoms with van der Waals surface area (Å²) in [5.41, 5.74) is 3.82. The first kappa shape index (κ1) is 15.5. The molecular formula is C21H23NO. The molecule has 2 heteroatoms. The second-order valence-corrected chi connectivity index (χ2v) is 7.21. The summed E-state index contributed by atoms with van der Waals surface area (Å²) in [7, 11) is 0. The Kier molecular flexibility index (Phi) is 3.63. The number of nitrogens with one attached hydrogen (secondary N) is 1. The fourth-order valence-electron chi connectivity index (χ4n) is 3.09. The molecule has 2 aromatic carbocycles. The summed E-state index contributed by atoms with van der Waals surface area (Å²) in [4.78, 5) is 12.6. The van der Waals surface area contributed by atoms with Crippen molar-refractivity contribution in [1.29, 1.82) is 0 Å². The number of hydrogen-bond donors (Lipinski definition) is 1. The number of carbonyl (C=O) groups is 1. The molecule has 0 aliphatic carbocycles. The van der Waals surface area contributed by atoms with E-state index in [4.69, 9.17) is 0 Å². The highest BCUT2D eigenvalue weighted by Gasteiger charge is 2.44. The minimum absolute atomic E-state index is 0.0263. The largest absolute Gasteiger partial charge is 0.379 e. The molecule has 0 atom stereocenters. The summed E-state index contributed by atoms with van der Waals surface area (Å²) < 4.78 is 0. The van der Waals surface area contributed by atoms with E-state index in [0.717, 1.165) is 11.3 Å². The van der Waals surface area contributed by atoms with Gasteiger partial charge in [-0.3, -0.25) is 4.79 Å². The van der Waals surface area contributed by atoms with Crippen LogP contribution in [0.1, 0.15) is 49.2 Å². The van der Waals surface area contributed by atoms with Gasteiger partial charge in [0.15, 0.2) is 5.78 Å². The topological polar surface area (TPSA) is 29.1 Å². The van der Waals surface area contributed by atoms with Crippen LogP contribution in [-0.4, -0.2) is 11.3 Å². The minimum atomic E-state index is -0.149. The number of ketones is 1. The average Bonchev–Trinajstić information content (AvgIpc) is 2.53. The molecule has 1 heterocycles. The van der Waals surface area contributed by atoms with Gasteiger partial charge < -0.3 is 5.32 Å². The zero-order chi connectivity index (χ0) is 16.7. The zero-order valence-corrected chi connectivity index (χ0v) is 14.2. The standard InChI is InChI=1S/C21H23NO/c1-20(2)17-13-9-8-12-16(17)18(22-21(20,3)4)14-19(23)15-10-6-5-7-11-15/h5-14,22H,1-4H3/b18-14-. The number of carbonyl (C=O) groups excluding carboxylic acids is 1. The second kappa shape index (κ2) is 5.38. The van der Waals surface area contributed by atoms with E-state index in [1.54, 1.807) is 6.08 Å². The maximum absolute atomic E-state index is 12.6. The van der Waals surface area contributed by atoms with E-state index in [1.165, 1.54) is 5.56 Å². The van der Waals surface area contributed by atoms with Crippen LogP contribution in [0.2, 0.25) is 0 Å². The molecule has 0 unspecified atom stereocenters. The van der Waals surface area contributed by atoms with Crippen molar-refractivity contribution < 1.29 is 4.79 Å². The first-order valence-electron chi connectivity index (χ1n) is 8.02. The van der Waals surface area contributed by atoms with Crippen LogP contribution >= 0.6 is 0 Å². The van der Waals surface area contributed by atoms with Gasteiger partial charge in [-0.2, -0.15) is 0 Å². The lowest BCUT2D eigenvalue weighted by Gasteiger charge is -2.49. The molecule has 0 saturated carbocycles. The molecule has 1 N–H and O–H groups in total. The van der Waals surface area contributed by atoms with Crippen molar-refractivity contribution in [2.45, 2.75) is 38.6 Å². The zero-order valence-electron chi connectivity index (χ0n) is 14.2. The minimum Gasteiger partial charge on any atom is -0.379 e. The van der Waals surface area contributed by atoms with Crippen LogP contribution in [0.4, 0.5) is 0 Å². The van der Waals surface area contributed by atoms with E-state index in [1.807, 2.05) is 36.4 Å². The fourth-order valence-corrected chi connectivity index (χ4v) is 3.09. The summed E-state index contributed by atoms with van der Waals surface area (Å²) in [6, 6.07) is 17.7. The summed E-state index contributed by atoms with van der Waals surface area (Å²) in [6.45, 7) is 8.86. The number of rotatable bonds is 2. The predicted octanol–water partition coefficient (Wildman–Crippen LogP) is 4.57. The maximum Gasteiger partial charge on any atom is 0.187 e. The highest BCUT2D eigenvalue weighted by molar-refractivity contribution is 6.08. The Morgan fingerprint density at radius 1 is 0.913 bits per heavy atom. The predicted molar refractivity (Wildman–Crippen MR) is 95.4 cm³/mol. The molecule has 0 amide bonds. The quantitative estimate of drug-likeness (QED) is 0.650. The van der Waals surface area contributed by atoms with Crippen LogP contribution in [0.15, 0.2) is 60.7 Å². The van der Waals surface area contributed by atoms with Gasteiger partial charge in [-0.25, -0.2) is 0 Å². The summed E-state index contributed by atoms with van der Waals surface area (Å²) in [6.07, 6.45) is 1.73. The van der Waals surface area contributed by atoms with Gasteiger partial charge in [-0.15, -0.1) is 0 Å². The lowest BCUT2D eigenvalue weighted by atomic mass is 9.65. The Bertz CT molecular complexity index is 769. The number of fused-ring (bicyclic) bond motifs is 1. The third-order valence-corrected chi connectivity index (χ3v) is 5.23. The molecule has 0 fully saturated rings. The molecule has 0 aromatic heterocycles. The monoisotopic (exact) mass is 305 g/mol. The van der Waals surface area contributed by atoms with E-state index >= 15 is 0 Å². The Morgan fingerprint density at radius 2 is 1.52 bits per heavy atom. The van der Waals surface area contributed by atoms with E-state index in [0.29, 0.717) is 5.56 Å². The van der Waals surface area contributed by atoms with Crippen LogP contribution in [0, 0.1) is 0 Å². The van der Waals surface area contributed by atoms with Crippen LogP contribution in [-0.2, 0) is 5.41 Å². The van der Waals surface area contributed by atoms with Gasteiger partial charge in [0.1, 0.15) is 0 Å². The van der Waals surface area contributed by atoms with Crippen molar-refractivity contribution in [1.82, 2.24) is 5.32 Å². The van der Waals surface area contributed by atoms with E-state index in [9.17, 15) is 4.79 Å². The second-order valence-electron chi connectivity index (χ2n) is 7.21. The molecule has 118 valence electrons. The highest BCUT2D eigenvalue weighted by atomic mass is 16.1. The molecule has 0 radical (unpaired) electrons. The van der Waals surface area contributed by atoms with Gasteiger partial charge in [-0.05, 0) is 19.4 Å². The van der Waals surface area contributed by atoms with Crippen molar-refractivity contribution in [3.05, 3.63) is 77.4 Å². The fraction of sp³-hybridized carbons (Fsp3) is 0.286. The molecule has 23 heavy (non-hydrogen) atoms. The van der Waals surface area contributed by atoms with Crippen molar-refractivity contribution in [3.8, 4) is 0 Å². The Labute approximate surface area is 138 Å². The smallest absolute Gasteiger partial charge is 0.187 e. The molecule has 1 aliphatic heterocycles. The highest BCUT2D eigenvalue weighted by Crippen LogP contribution is 2.43. The molecule has 1 aliphatic rings. The normalized spacial score (nSPS) is 19.7. The average molecular weight is 305 g/mol. The third-order valence-electron chi connectivity index (χ3n) is 5.23. The number of hydrogen-bond acceptors (Lipinski definition) is 2. The first-order valence-corrected chi connectivity index (χ1v) is 8.02. The van der Waals surface area contributed by atoms with Crippen LogP contribution in [0.5, 0.6) is 0 Å². The maximum atomic E-state index is 12.6. The van der Waals surface area contributed by atoms with Gasteiger partial charge >= 0.3 is 0 Å². The SMILES string of the molecule is CC1(C)N/C(=C\C(=O)c2ccccc2)c2ccccc2C1(C)C. The Balaban J connectivity index is 2.10. The van der Waals surface area contributed by atoms with Crippen molar-refractivity contribution in [2.75, 3.05) is 0 Å². The van der Waals surface area contributed by atoms with Crippen molar-refractivity contribution in [3.63, 3.8) is 0 Å².